The molecule has 0 aliphatic rings. The summed E-state index contributed by atoms with van der Waals surface area (Å²) in [6.45, 7) is 3.61. The van der Waals surface area contributed by atoms with Crippen LogP contribution in [0.25, 0.3) is 88.7 Å². The van der Waals surface area contributed by atoms with Gasteiger partial charge in [0.25, 0.3) is 0 Å². The van der Waals surface area contributed by atoms with Gasteiger partial charge in [-0.2, -0.15) is 0 Å². The molecular weight excluding hydrogens is 654 g/mol. The van der Waals surface area contributed by atoms with E-state index in [1.54, 1.807) is 13.3 Å². The standard InChI is InChI=1S/C47H34N3OP/c1-52(2,51)39-19-11-17-36(29-39)35-16-10-18-38(28-35)47-49-45(33-13-4-3-5-14-33)48-46(50-47)34-24-22-32(23-25-34)44-41-21-9-7-15-37(41)30-43-40-20-8-6-12-31(40)26-27-42(43)44/h3-30H,1-2H3. The van der Waals surface area contributed by atoms with Crippen molar-refractivity contribution in [3.63, 3.8) is 0 Å². The fraction of sp³-hybridized carbons (Fsp3) is 0.0426. The van der Waals surface area contributed by atoms with Crippen LogP contribution in [0.15, 0.2) is 170 Å². The first-order valence-corrected chi connectivity index (χ1v) is 20.0. The van der Waals surface area contributed by atoms with Crippen LogP contribution in [0.2, 0.25) is 0 Å². The lowest BCUT2D eigenvalue weighted by atomic mass is 9.89. The van der Waals surface area contributed by atoms with Crippen LogP contribution in [0.1, 0.15) is 0 Å². The van der Waals surface area contributed by atoms with E-state index in [0.29, 0.717) is 17.5 Å². The lowest BCUT2D eigenvalue weighted by Crippen LogP contribution is -2.02. The monoisotopic (exact) mass is 687 g/mol. The third-order valence-electron chi connectivity index (χ3n) is 9.79. The molecule has 0 radical (unpaired) electrons. The van der Waals surface area contributed by atoms with E-state index in [1.807, 2.05) is 60.7 Å². The van der Waals surface area contributed by atoms with Gasteiger partial charge in [0, 0.05) is 22.0 Å². The van der Waals surface area contributed by atoms with Gasteiger partial charge in [0.2, 0.25) is 0 Å². The van der Waals surface area contributed by atoms with Gasteiger partial charge in [0.15, 0.2) is 17.5 Å². The SMILES string of the molecule is CP(C)(=O)c1cccc(-c2cccc(-c3nc(-c4ccccc4)nc(-c4ccc(-c5c6ccccc6cc6c5ccc5ccccc56)cc4)n3)c2)c1. The summed E-state index contributed by atoms with van der Waals surface area (Å²) in [5, 5.41) is 8.26. The number of hydrogen-bond acceptors (Lipinski definition) is 4. The van der Waals surface area contributed by atoms with Crippen LogP contribution in [0.5, 0.6) is 0 Å². The largest absolute Gasteiger partial charge is 0.319 e. The predicted molar refractivity (Wildman–Crippen MR) is 219 cm³/mol. The maximum absolute atomic E-state index is 12.9. The third kappa shape index (κ3) is 5.88. The molecule has 5 heteroatoms. The molecule has 0 spiro atoms. The van der Waals surface area contributed by atoms with Gasteiger partial charge in [-0.1, -0.05) is 152 Å². The first-order valence-electron chi connectivity index (χ1n) is 17.4. The lowest BCUT2D eigenvalue weighted by Gasteiger charge is -2.14. The fourth-order valence-electron chi connectivity index (χ4n) is 7.13. The van der Waals surface area contributed by atoms with Crippen LogP contribution in [-0.4, -0.2) is 28.3 Å². The summed E-state index contributed by atoms with van der Waals surface area (Å²) < 4.78 is 12.9. The van der Waals surface area contributed by atoms with Gasteiger partial charge in [-0.05, 0) is 86.1 Å². The molecule has 0 fully saturated rings. The number of benzene rings is 8. The second-order valence-electron chi connectivity index (χ2n) is 13.6. The summed E-state index contributed by atoms with van der Waals surface area (Å²) in [6.07, 6.45) is 0. The van der Waals surface area contributed by atoms with E-state index in [9.17, 15) is 4.57 Å². The van der Waals surface area contributed by atoms with Gasteiger partial charge in [-0.25, -0.2) is 15.0 Å². The Labute approximate surface area is 302 Å². The van der Waals surface area contributed by atoms with E-state index in [4.69, 9.17) is 15.0 Å². The molecule has 4 nitrogen and oxygen atoms in total. The van der Waals surface area contributed by atoms with Gasteiger partial charge in [-0.3, -0.25) is 0 Å². The average Bonchev–Trinajstić information content (AvgIpc) is 3.20. The Kier molecular flexibility index (Phi) is 7.83. The van der Waals surface area contributed by atoms with Crippen LogP contribution in [0, 0.1) is 0 Å². The van der Waals surface area contributed by atoms with Crippen LogP contribution >= 0.6 is 7.14 Å². The maximum atomic E-state index is 12.9. The van der Waals surface area contributed by atoms with Gasteiger partial charge in [0.1, 0.15) is 7.14 Å². The Balaban J connectivity index is 1.17. The lowest BCUT2D eigenvalue weighted by molar-refractivity contribution is 0.588. The number of hydrogen-bond donors (Lipinski definition) is 0. The molecular formula is C47H34N3OP. The number of rotatable bonds is 6. The molecule has 0 atom stereocenters. The Morgan fingerprint density at radius 2 is 0.904 bits per heavy atom. The van der Waals surface area contributed by atoms with Crippen LogP contribution in [0.3, 0.4) is 0 Å². The predicted octanol–water partition coefficient (Wildman–Crippen LogP) is 11.9. The second-order valence-corrected chi connectivity index (χ2v) is 16.8. The Hall–Kier alpha value is -6.22. The maximum Gasteiger partial charge on any atom is 0.164 e. The van der Waals surface area contributed by atoms with Crippen molar-refractivity contribution in [3.8, 4) is 56.4 Å². The molecule has 0 unspecified atom stereocenters. The number of nitrogens with zero attached hydrogens (tertiary/aromatic N) is 3. The van der Waals surface area contributed by atoms with E-state index in [1.165, 1.54) is 37.9 Å². The highest BCUT2D eigenvalue weighted by Gasteiger charge is 2.16. The normalized spacial score (nSPS) is 11.7. The van der Waals surface area contributed by atoms with Crippen molar-refractivity contribution in [2.45, 2.75) is 0 Å². The highest BCUT2D eigenvalue weighted by Crippen LogP contribution is 2.40. The van der Waals surface area contributed by atoms with Crippen molar-refractivity contribution in [1.82, 2.24) is 15.0 Å². The molecule has 52 heavy (non-hydrogen) atoms. The number of fused-ring (bicyclic) bond motifs is 4. The molecule has 8 aromatic carbocycles. The van der Waals surface area contributed by atoms with Gasteiger partial charge in [-0.15, -0.1) is 0 Å². The molecule has 0 amide bonds. The van der Waals surface area contributed by atoms with E-state index in [2.05, 4.69) is 109 Å². The van der Waals surface area contributed by atoms with Crippen LogP contribution in [0.4, 0.5) is 0 Å². The van der Waals surface area contributed by atoms with Crippen molar-refractivity contribution in [3.05, 3.63) is 170 Å². The minimum atomic E-state index is -2.41. The minimum absolute atomic E-state index is 0.592. The highest BCUT2D eigenvalue weighted by atomic mass is 31.2. The zero-order chi connectivity index (χ0) is 35.2. The van der Waals surface area contributed by atoms with Crippen LogP contribution < -0.4 is 5.30 Å². The molecule has 1 aromatic heterocycles. The summed E-state index contributed by atoms with van der Waals surface area (Å²) in [5.74, 6) is 1.81. The first kappa shape index (κ1) is 31.7. The Morgan fingerprint density at radius 1 is 0.365 bits per heavy atom. The van der Waals surface area contributed by atoms with E-state index in [0.717, 1.165) is 38.7 Å². The third-order valence-corrected chi connectivity index (χ3v) is 11.3. The van der Waals surface area contributed by atoms with Crippen molar-refractivity contribution in [1.29, 1.82) is 0 Å². The summed E-state index contributed by atoms with van der Waals surface area (Å²) in [6, 6.07) is 58.9. The molecule has 9 aromatic rings. The molecule has 0 bridgehead atoms. The van der Waals surface area contributed by atoms with Gasteiger partial charge >= 0.3 is 0 Å². The van der Waals surface area contributed by atoms with Crippen molar-refractivity contribution in [2.24, 2.45) is 0 Å². The average molecular weight is 688 g/mol. The quantitative estimate of drug-likeness (QED) is 0.0992. The second kappa shape index (κ2) is 12.8. The first-order chi connectivity index (χ1) is 25.4. The molecule has 0 N–H and O–H groups in total. The zero-order valence-electron chi connectivity index (χ0n) is 28.9. The number of aromatic nitrogens is 3. The van der Waals surface area contributed by atoms with Crippen molar-refractivity contribution >= 4 is 44.8 Å². The molecule has 9 rings (SSSR count). The van der Waals surface area contributed by atoms with Crippen molar-refractivity contribution < 1.29 is 4.57 Å². The van der Waals surface area contributed by atoms with Crippen molar-refractivity contribution in [2.75, 3.05) is 13.3 Å². The van der Waals surface area contributed by atoms with E-state index in [-0.39, 0.29) is 0 Å². The highest BCUT2D eigenvalue weighted by molar-refractivity contribution is 7.70. The zero-order valence-corrected chi connectivity index (χ0v) is 29.8. The summed E-state index contributed by atoms with van der Waals surface area (Å²) in [7, 11) is -2.41. The molecule has 0 aliphatic heterocycles. The summed E-state index contributed by atoms with van der Waals surface area (Å²) in [4.78, 5) is 15.0. The van der Waals surface area contributed by atoms with Crippen LogP contribution in [-0.2, 0) is 4.57 Å². The smallest absolute Gasteiger partial charge is 0.164 e. The van der Waals surface area contributed by atoms with Gasteiger partial charge < -0.3 is 4.57 Å². The summed E-state index contributed by atoms with van der Waals surface area (Å²) in [5.41, 5.74) is 7.08. The fourth-order valence-corrected chi connectivity index (χ4v) is 8.02. The topological polar surface area (TPSA) is 55.7 Å². The minimum Gasteiger partial charge on any atom is -0.319 e. The Morgan fingerprint density at radius 3 is 1.63 bits per heavy atom. The molecule has 0 aliphatic carbocycles. The molecule has 0 saturated heterocycles. The molecule has 0 saturated carbocycles. The molecule has 1 heterocycles. The Bertz CT molecular complexity index is 2840. The van der Waals surface area contributed by atoms with Gasteiger partial charge in [0.05, 0.1) is 0 Å². The summed E-state index contributed by atoms with van der Waals surface area (Å²) >= 11 is 0. The molecule has 248 valence electrons. The van der Waals surface area contributed by atoms with E-state index < -0.39 is 7.14 Å². The van der Waals surface area contributed by atoms with E-state index >= 15 is 0 Å².